The maximum Gasteiger partial charge on any atom is 0.242 e. The van der Waals surface area contributed by atoms with Crippen LogP contribution in [0.3, 0.4) is 0 Å². The fourth-order valence-corrected chi connectivity index (χ4v) is 4.48. The van der Waals surface area contributed by atoms with Crippen molar-refractivity contribution in [1.82, 2.24) is 24.2 Å². The number of imidazole rings is 1. The number of H-pyrrole nitrogens is 1. The predicted octanol–water partition coefficient (Wildman–Crippen LogP) is 3.28. The van der Waals surface area contributed by atoms with E-state index >= 15 is 0 Å². The monoisotopic (exact) mass is 460 g/mol. The number of ether oxygens (including phenoxy) is 1. The number of aromatic amines is 1. The molecule has 3 aromatic rings. The van der Waals surface area contributed by atoms with Gasteiger partial charge in [0, 0.05) is 32.3 Å². The molecule has 9 nitrogen and oxygen atoms in total. The maximum atomic E-state index is 14.5. The van der Waals surface area contributed by atoms with Crippen LogP contribution in [-0.2, 0) is 14.8 Å². The highest BCUT2D eigenvalue weighted by Gasteiger charge is 2.24. The highest BCUT2D eigenvalue weighted by Crippen LogP contribution is 2.30. The zero-order chi connectivity index (χ0) is 22.9. The molecule has 0 spiro atoms. The number of anilines is 2. The summed E-state index contributed by atoms with van der Waals surface area (Å²) in [5.74, 6) is 0.631. The Morgan fingerprint density at radius 3 is 2.62 bits per heavy atom. The second kappa shape index (κ2) is 8.93. The normalized spacial score (nSPS) is 19.3. The molecule has 2 N–H and O–H groups in total. The molecule has 1 aromatic carbocycles. The maximum absolute atomic E-state index is 14.5. The molecule has 4 rings (SSSR count). The van der Waals surface area contributed by atoms with Crippen molar-refractivity contribution in [1.29, 1.82) is 0 Å². The van der Waals surface area contributed by atoms with Gasteiger partial charge >= 0.3 is 0 Å². The van der Waals surface area contributed by atoms with Crippen molar-refractivity contribution in [3.8, 4) is 11.4 Å². The second-order valence-corrected chi connectivity index (χ2v) is 10.1. The first kappa shape index (κ1) is 22.3. The molecule has 2 aromatic heterocycles. The number of aromatic nitrogens is 4. The molecular weight excluding hydrogens is 435 g/mol. The van der Waals surface area contributed by atoms with E-state index in [1.165, 1.54) is 26.2 Å². The van der Waals surface area contributed by atoms with Crippen molar-refractivity contribution < 1.29 is 17.5 Å². The summed E-state index contributed by atoms with van der Waals surface area (Å²) in [6, 6.07) is 6.17. The average Bonchev–Trinajstić information content (AvgIpc) is 3.25. The summed E-state index contributed by atoms with van der Waals surface area (Å²) in [7, 11) is -0.577. The highest BCUT2D eigenvalue weighted by molar-refractivity contribution is 7.89. The van der Waals surface area contributed by atoms with E-state index in [2.05, 4.69) is 25.3 Å². The number of nitrogens with zero attached hydrogens (tertiary/aromatic N) is 4. The van der Waals surface area contributed by atoms with E-state index in [9.17, 15) is 12.8 Å². The molecule has 1 saturated heterocycles. The van der Waals surface area contributed by atoms with Gasteiger partial charge < -0.3 is 15.0 Å². The van der Waals surface area contributed by atoms with Crippen LogP contribution in [0, 0.1) is 5.82 Å². The Morgan fingerprint density at radius 1 is 1.19 bits per heavy atom. The van der Waals surface area contributed by atoms with Crippen molar-refractivity contribution in [2.75, 3.05) is 26.0 Å². The Kier molecular flexibility index (Phi) is 6.22. The SMILES string of the molecule is CC1CC(c2ncc(-c3nc(Nc4ccc(S(=O)(=O)N(C)C)cc4)ncc3F)[nH]2)CCO1. The Bertz CT molecular complexity index is 1200. The van der Waals surface area contributed by atoms with E-state index in [1.807, 2.05) is 6.92 Å². The number of hydrogen-bond acceptors (Lipinski definition) is 7. The van der Waals surface area contributed by atoms with Crippen LogP contribution >= 0.6 is 0 Å². The van der Waals surface area contributed by atoms with Crippen LogP contribution in [0.4, 0.5) is 16.0 Å². The summed E-state index contributed by atoms with van der Waals surface area (Å²) in [5, 5.41) is 2.98. The van der Waals surface area contributed by atoms with Gasteiger partial charge in [0.2, 0.25) is 16.0 Å². The van der Waals surface area contributed by atoms with Crippen LogP contribution < -0.4 is 5.32 Å². The van der Waals surface area contributed by atoms with Gasteiger partial charge in [0.05, 0.1) is 29.1 Å². The van der Waals surface area contributed by atoms with Crippen LogP contribution in [0.25, 0.3) is 11.4 Å². The Hall–Kier alpha value is -2.89. The molecule has 0 aliphatic carbocycles. The van der Waals surface area contributed by atoms with Gasteiger partial charge in [-0.25, -0.2) is 32.1 Å². The van der Waals surface area contributed by atoms with Gasteiger partial charge in [-0.1, -0.05) is 0 Å². The van der Waals surface area contributed by atoms with Crippen molar-refractivity contribution in [3.05, 3.63) is 48.3 Å². The minimum atomic E-state index is -3.52. The molecule has 0 saturated carbocycles. The first-order chi connectivity index (χ1) is 15.2. The zero-order valence-electron chi connectivity index (χ0n) is 18.0. The van der Waals surface area contributed by atoms with Gasteiger partial charge in [0.15, 0.2) is 5.82 Å². The van der Waals surface area contributed by atoms with Crippen LogP contribution in [0.2, 0.25) is 0 Å². The van der Waals surface area contributed by atoms with E-state index in [0.717, 1.165) is 29.2 Å². The first-order valence-corrected chi connectivity index (χ1v) is 11.7. The van der Waals surface area contributed by atoms with Gasteiger partial charge in [-0.2, -0.15) is 0 Å². The standard InChI is InChI=1S/C21H25FN6O3S/c1-13-10-14(8-9-31-13)20-23-12-18(26-20)19-17(22)11-24-21(27-19)25-15-4-6-16(7-5-15)32(29,30)28(2)3/h4-7,11-14H,8-10H2,1-3H3,(H,23,26)(H,24,25,27). The van der Waals surface area contributed by atoms with Crippen molar-refractivity contribution in [2.24, 2.45) is 0 Å². The van der Waals surface area contributed by atoms with Gasteiger partial charge in [0.25, 0.3) is 0 Å². The topological polar surface area (TPSA) is 113 Å². The molecule has 32 heavy (non-hydrogen) atoms. The predicted molar refractivity (Wildman–Crippen MR) is 118 cm³/mol. The molecular formula is C21H25FN6O3S. The lowest BCUT2D eigenvalue weighted by Gasteiger charge is -2.25. The van der Waals surface area contributed by atoms with E-state index in [1.54, 1.807) is 18.3 Å². The van der Waals surface area contributed by atoms with Gasteiger partial charge in [-0.3, -0.25) is 0 Å². The first-order valence-electron chi connectivity index (χ1n) is 10.2. The fraction of sp³-hybridized carbons (Fsp3) is 0.381. The summed E-state index contributed by atoms with van der Waals surface area (Å²) in [6.45, 7) is 2.70. The lowest BCUT2D eigenvalue weighted by Crippen LogP contribution is -2.22. The van der Waals surface area contributed by atoms with Crippen molar-refractivity contribution in [3.63, 3.8) is 0 Å². The lowest BCUT2D eigenvalue weighted by molar-refractivity contribution is 0.0174. The molecule has 2 unspecified atom stereocenters. The third kappa shape index (κ3) is 4.64. The third-order valence-corrected chi connectivity index (χ3v) is 7.18. The second-order valence-electron chi connectivity index (χ2n) is 7.91. The molecule has 3 heterocycles. The van der Waals surface area contributed by atoms with Crippen LogP contribution in [0.15, 0.2) is 41.6 Å². The third-order valence-electron chi connectivity index (χ3n) is 5.36. The zero-order valence-corrected chi connectivity index (χ0v) is 18.9. The van der Waals surface area contributed by atoms with E-state index in [4.69, 9.17) is 4.74 Å². The number of rotatable bonds is 6. The summed E-state index contributed by atoms with van der Waals surface area (Å²) < 4.78 is 45.6. The van der Waals surface area contributed by atoms with E-state index in [0.29, 0.717) is 18.0 Å². The van der Waals surface area contributed by atoms with Gasteiger partial charge in [0.1, 0.15) is 11.5 Å². The number of hydrogen-bond donors (Lipinski definition) is 2. The van der Waals surface area contributed by atoms with Crippen molar-refractivity contribution in [2.45, 2.75) is 36.7 Å². The van der Waals surface area contributed by atoms with Gasteiger partial charge in [-0.05, 0) is 44.0 Å². The Morgan fingerprint density at radius 2 is 1.94 bits per heavy atom. The number of benzene rings is 1. The molecule has 1 aliphatic rings. The van der Waals surface area contributed by atoms with Crippen LogP contribution in [-0.4, -0.2) is 59.5 Å². The van der Waals surface area contributed by atoms with Crippen LogP contribution in [0.1, 0.15) is 31.5 Å². The molecule has 2 atom stereocenters. The smallest absolute Gasteiger partial charge is 0.242 e. The Labute approximate surface area is 186 Å². The fourth-order valence-electron chi connectivity index (χ4n) is 3.58. The molecule has 170 valence electrons. The number of halogens is 1. The summed E-state index contributed by atoms with van der Waals surface area (Å²) in [6.07, 6.45) is 4.53. The molecule has 0 amide bonds. The summed E-state index contributed by atoms with van der Waals surface area (Å²) in [5.41, 5.74) is 1.14. The minimum Gasteiger partial charge on any atom is -0.378 e. The van der Waals surface area contributed by atoms with Crippen molar-refractivity contribution >= 4 is 21.7 Å². The van der Waals surface area contributed by atoms with E-state index < -0.39 is 15.8 Å². The molecule has 0 radical (unpaired) electrons. The summed E-state index contributed by atoms with van der Waals surface area (Å²) in [4.78, 5) is 16.1. The Balaban J connectivity index is 1.54. The van der Waals surface area contributed by atoms with Crippen LogP contribution in [0.5, 0.6) is 0 Å². The van der Waals surface area contributed by atoms with Gasteiger partial charge in [-0.15, -0.1) is 0 Å². The lowest BCUT2D eigenvalue weighted by atomic mass is 9.96. The number of sulfonamides is 1. The molecule has 1 fully saturated rings. The number of nitrogens with one attached hydrogen (secondary N) is 2. The molecule has 11 heteroatoms. The minimum absolute atomic E-state index is 0.105. The largest absolute Gasteiger partial charge is 0.378 e. The highest BCUT2D eigenvalue weighted by atomic mass is 32.2. The quantitative estimate of drug-likeness (QED) is 0.580. The molecule has 1 aliphatic heterocycles. The van der Waals surface area contributed by atoms with E-state index in [-0.39, 0.29) is 28.6 Å². The molecule has 0 bridgehead atoms. The average molecular weight is 461 g/mol. The summed E-state index contributed by atoms with van der Waals surface area (Å²) >= 11 is 0.